The van der Waals surface area contributed by atoms with Crippen LogP contribution >= 0.6 is 0 Å². The van der Waals surface area contributed by atoms with Crippen LogP contribution in [0.5, 0.6) is 0 Å². The van der Waals surface area contributed by atoms with E-state index in [2.05, 4.69) is 39.6 Å². The lowest BCUT2D eigenvalue weighted by Crippen LogP contribution is -2.44. The van der Waals surface area contributed by atoms with E-state index in [-0.39, 0.29) is 5.82 Å². The molecule has 7 heteroatoms. The molecule has 0 unspecified atom stereocenters. The number of carbonyl (C=O) groups excluding carboxylic acids is 2. The smallest absolute Gasteiger partial charge is 0.260 e. The first kappa shape index (κ1) is 21.9. The third-order valence-corrected chi connectivity index (χ3v) is 6.33. The first-order valence-electron chi connectivity index (χ1n) is 11.2. The van der Waals surface area contributed by atoms with Gasteiger partial charge in [-0.25, -0.2) is 4.39 Å². The number of piperazine rings is 1. The number of hydrogen-bond acceptors (Lipinski definition) is 5. The molecule has 1 saturated heterocycles. The summed E-state index contributed by atoms with van der Waals surface area (Å²) in [6.07, 6.45) is 1.59. The van der Waals surface area contributed by atoms with Crippen molar-refractivity contribution in [2.45, 2.75) is 0 Å². The van der Waals surface area contributed by atoms with E-state index in [9.17, 15) is 14.0 Å². The number of nitrogens with zero attached hydrogens (tertiary/aromatic N) is 2. The Balaban J connectivity index is 1.41. The largest absolute Gasteiger partial charge is 0.369 e. The zero-order valence-electron chi connectivity index (χ0n) is 18.8. The molecule has 2 N–H and O–H groups in total. The van der Waals surface area contributed by atoms with Gasteiger partial charge in [-0.15, -0.1) is 0 Å². The highest BCUT2D eigenvalue weighted by Crippen LogP contribution is 2.31. The van der Waals surface area contributed by atoms with Crippen LogP contribution in [0.1, 0.15) is 15.9 Å². The van der Waals surface area contributed by atoms with Crippen LogP contribution in [0.3, 0.4) is 0 Å². The van der Waals surface area contributed by atoms with Crippen LogP contribution in [0.4, 0.5) is 15.8 Å². The van der Waals surface area contributed by atoms with E-state index in [1.165, 1.54) is 6.07 Å². The van der Waals surface area contributed by atoms with Crippen LogP contribution in [0.15, 0.2) is 72.9 Å². The molecule has 0 bridgehead atoms. The average Bonchev–Trinajstić information content (AvgIpc) is 2.85. The summed E-state index contributed by atoms with van der Waals surface area (Å²) in [4.78, 5) is 29.7. The van der Waals surface area contributed by atoms with Crippen molar-refractivity contribution >= 4 is 28.8 Å². The number of likely N-dealkylation sites (N-methyl/N-ethyl adjacent to an activating group) is 1. The second-order valence-electron chi connectivity index (χ2n) is 8.56. The molecule has 0 saturated carbocycles. The normalized spacial score (nSPS) is 17.5. The minimum absolute atomic E-state index is 0.316. The number of amides is 2. The number of anilines is 2. The van der Waals surface area contributed by atoms with Gasteiger partial charge < -0.3 is 15.1 Å². The predicted molar refractivity (Wildman–Crippen MR) is 132 cm³/mol. The fourth-order valence-electron chi connectivity index (χ4n) is 4.32. The number of rotatable bonds is 4. The maximum Gasteiger partial charge on any atom is 0.260 e. The number of imide groups is 1. The van der Waals surface area contributed by atoms with Crippen LogP contribution < -0.4 is 15.5 Å². The Morgan fingerprint density at radius 3 is 2.32 bits per heavy atom. The molecule has 3 aromatic rings. The Kier molecular flexibility index (Phi) is 5.86. The molecule has 172 valence electrons. The summed E-state index contributed by atoms with van der Waals surface area (Å²) in [6.45, 7) is 4.05. The van der Waals surface area contributed by atoms with Gasteiger partial charge in [0.2, 0.25) is 0 Å². The molecule has 0 atom stereocenters. The van der Waals surface area contributed by atoms with Gasteiger partial charge >= 0.3 is 0 Å². The van der Waals surface area contributed by atoms with Crippen LogP contribution in [0.2, 0.25) is 0 Å². The molecule has 2 amide bonds. The molecule has 6 nitrogen and oxygen atoms in total. The van der Waals surface area contributed by atoms with Crippen molar-refractivity contribution in [3.63, 3.8) is 0 Å². The van der Waals surface area contributed by atoms with E-state index in [1.807, 2.05) is 12.1 Å². The lowest BCUT2D eigenvalue weighted by atomic mass is 9.91. The SMILES string of the molecule is CN1CCN(c2ccc(N/C=C3\C(=O)NC(=O)c4ccc(-c5ccccc5F)cc43)cc2)CC1. The fraction of sp³-hybridized carbons (Fsp3) is 0.185. The molecule has 5 rings (SSSR count). The van der Waals surface area contributed by atoms with E-state index in [4.69, 9.17) is 0 Å². The van der Waals surface area contributed by atoms with Crippen LogP contribution in [-0.2, 0) is 4.79 Å². The summed E-state index contributed by atoms with van der Waals surface area (Å²) in [5.74, 6) is -1.32. The third-order valence-electron chi connectivity index (χ3n) is 6.33. The van der Waals surface area contributed by atoms with Gasteiger partial charge in [0, 0.05) is 60.4 Å². The lowest BCUT2D eigenvalue weighted by molar-refractivity contribution is -0.114. The number of benzene rings is 3. The second-order valence-corrected chi connectivity index (χ2v) is 8.56. The van der Waals surface area contributed by atoms with E-state index < -0.39 is 11.8 Å². The van der Waals surface area contributed by atoms with Gasteiger partial charge in [0.1, 0.15) is 5.82 Å². The highest BCUT2D eigenvalue weighted by atomic mass is 19.1. The standard InChI is InChI=1S/C27H25FN4O2/c1-31-12-14-32(15-13-31)20-9-7-19(8-10-20)29-17-24-23-16-18(21-4-2-3-5-25(21)28)6-11-22(23)26(33)30-27(24)34/h2-11,16-17,29H,12-15H2,1H3,(H,30,33,34)/b24-17-. The fourth-order valence-corrected chi connectivity index (χ4v) is 4.32. The van der Waals surface area contributed by atoms with Crippen LogP contribution in [0, 0.1) is 5.82 Å². The first-order valence-corrected chi connectivity index (χ1v) is 11.2. The zero-order valence-corrected chi connectivity index (χ0v) is 18.8. The van der Waals surface area contributed by atoms with Crippen molar-refractivity contribution in [1.29, 1.82) is 0 Å². The number of nitrogens with one attached hydrogen (secondary N) is 2. The van der Waals surface area contributed by atoms with Gasteiger partial charge in [0.15, 0.2) is 0 Å². The first-order chi connectivity index (χ1) is 16.5. The molecule has 1 fully saturated rings. The maximum absolute atomic E-state index is 14.3. The minimum Gasteiger partial charge on any atom is -0.369 e. The molecule has 3 aromatic carbocycles. The highest BCUT2D eigenvalue weighted by Gasteiger charge is 2.28. The van der Waals surface area contributed by atoms with Gasteiger partial charge in [0.05, 0.1) is 5.57 Å². The van der Waals surface area contributed by atoms with E-state index in [1.54, 1.807) is 42.6 Å². The second kappa shape index (κ2) is 9.11. The Morgan fingerprint density at radius 2 is 1.59 bits per heavy atom. The molecule has 2 aliphatic heterocycles. The monoisotopic (exact) mass is 456 g/mol. The molecule has 2 heterocycles. The topological polar surface area (TPSA) is 64.7 Å². The summed E-state index contributed by atoms with van der Waals surface area (Å²) >= 11 is 0. The Morgan fingerprint density at radius 1 is 0.853 bits per heavy atom. The predicted octanol–water partition coefficient (Wildman–Crippen LogP) is 3.97. The highest BCUT2D eigenvalue weighted by molar-refractivity contribution is 6.31. The Hall–Kier alpha value is -3.97. The van der Waals surface area contributed by atoms with Crippen molar-refractivity contribution in [2.24, 2.45) is 0 Å². The van der Waals surface area contributed by atoms with E-state index in [0.29, 0.717) is 27.8 Å². The molecular weight excluding hydrogens is 431 g/mol. The quantitative estimate of drug-likeness (QED) is 0.460. The molecule has 0 aromatic heterocycles. The number of carbonyl (C=O) groups is 2. The van der Waals surface area contributed by atoms with Crippen molar-refractivity contribution < 1.29 is 14.0 Å². The molecule has 34 heavy (non-hydrogen) atoms. The Labute approximate surface area is 197 Å². The van der Waals surface area contributed by atoms with Crippen LogP contribution in [-0.4, -0.2) is 49.9 Å². The summed E-state index contributed by atoms with van der Waals surface area (Å²) in [7, 11) is 2.13. The summed E-state index contributed by atoms with van der Waals surface area (Å²) < 4.78 is 14.3. The van der Waals surface area contributed by atoms with Gasteiger partial charge in [0.25, 0.3) is 11.8 Å². The van der Waals surface area contributed by atoms with Crippen LogP contribution in [0.25, 0.3) is 16.7 Å². The van der Waals surface area contributed by atoms with Crippen molar-refractivity contribution in [1.82, 2.24) is 10.2 Å². The lowest BCUT2D eigenvalue weighted by Gasteiger charge is -2.34. The van der Waals surface area contributed by atoms with Crippen molar-refractivity contribution in [3.05, 3.63) is 89.9 Å². The van der Waals surface area contributed by atoms with Crippen molar-refractivity contribution in [3.8, 4) is 11.1 Å². The van der Waals surface area contributed by atoms with E-state index >= 15 is 0 Å². The maximum atomic E-state index is 14.3. The molecular formula is C27H25FN4O2. The van der Waals surface area contributed by atoms with Gasteiger partial charge in [-0.1, -0.05) is 24.3 Å². The summed E-state index contributed by atoms with van der Waals surface area (Å²) in [5.41, 5.74) is 4.15. The minimum atomic E-state index is -0.496. The number of halogens is 1. The average molecular weight is 457 g/mol. The molecule has 0 spiro atoms. The molecule has 0 aliphatic carbocycles. The summed E-state index contributed by atoms with van der Waals surface area (Å²) in [5, 5.41) is 5.55. The Bertz CT molecular complexity index is 1280. The molecule has 0 radical (unpaired) electrons. The van der Waals surface area contributed by atoms with Gasteiger partial charge in [-0.3, -0.25) is 14.9 Å². The number of hydrogen-bond donors (Lipinski definition) is 2. The molecule has 2 aliphatic rings. The third kappa shape index (κ3) is 4.30. The number of fused-ring (bicyclic) bond motifs is 1. The summed E-state index contributed by atoms with van der Waals surface area (Å²) in [6, 6.07) is 19.5. The van der Waals surface area contributed by atoms with E-state index in [0.717, 1.165) is 37.6 Å². The van der Waals surface area contributed by atoms with Gasteiger partial charge in [-0.05, 0) is 55.1 Å². The zero-order chi connectivity index (χ0) is 23.7. The van der Waals surface area contributed by atoms with Gasteiger partial charge in [-0.2, -0.15) is 0 Å². The van der Waals surface area contributed by atoms with Crippen molar-refractivity contribution in [2.75, 3.05) is 43.4 Å².